The Kier molecular flexibility index (Phi) is 5.95. The van der Waals surface area contributed by atoms with Gasteiger partial charge in [-0.1, -0.05) is 23.7 Å². The van der Waals surface area contributed by atoms with Crippen molar-refractivity contribution in [2.45, 2.75) is 26.7 Å². The number of rotatable bonds is 3. The van der Waals surface area contributed by atoms with Gasteiger partial charge in [-0.25, -0.2) is 4.98 Å². The van der Waals surface area contributed by atoms with E-state index in [1.165, 1.54) is 16.8 Å². The zero-order valence-electron chi connectivity index (χ0n) is 17.3. The number of halogens is 1. The van der Waals surface area contributed by atoms with Crippen molar-refractivity contribution in [3.8, 4) is 0 Å². The van der Waals surface area contributed by atoms with E-state index in [1.807, 2.05) is 12.1 Å². The summed E-state index contributed by atoms with van der Waals surface area (Å²) in [6.45, 7) is 9.51. The van der Waals surface area contributed by atoms with Crippen molar-refractivity contribution < 1.29 is 4.79 Å². The summed E-state index contributed by atoms with van der Waals surface area (Å²) in [7, 11) is 0. The van der Waals surface area contributed by atoms with Crippen LogP contribution in [0.3, 0.4) is 0 Å². The van der Waals surface area contributed by atoms with Gasteiger partial charge < -0.3 is 14.7 Å². The van der Waals surface area contributed by atoms with Gasteiger partial charge in [0.1, 0.15) is 5.82 Å². The molecular formula is C23H29ClN4O. The molecule has 154 valence electrons. The first kappa shape index (κ1) is 20.0. The van der Waals surface area contributed by atoms with E-state index < -0.39 is 0 Å². The highest BCUT2D eigenvalue weighted by atomic mass is 35.5. The third-order valence-electron chi connectivity index (χ3n) is 6.39. The minimum atomic E-state index is 0.130. The van der Waals surface area contributed by atoms with Crippen LogP contribution >= 0.6 is 11.6 Å². The summed E-state index contributed by atoms with van der Waals surface area (Å²) in [5, 5.41) is 0.652. The Labute approximate surface area is 178 Å². The first-order chi connectivity index (χ1) is 14.0. The number of anilines is 2. The van der Waals surface area contributed by atoms with Gasteiger partial charge in [-0.2, -0.15) is 0 Å². The Morgan fingerprint density at radius 3 is 2.34 bits per heavy atom. The van der Waals surface area contributed by atoms with E-state index >= 15 is 0 Å². The minimum Gasteiger partial charge on any atom is -0.368 e. The Hall–Kier alpha value is -2.27. The van der Waals surface area contributed by atoms with Crippen LogP contribution in [0.15, 0.2) is 36.5 Å². The van der Waals surface area contributed by atoms with Crippen LogP contribution in [0.25, 0.3) is 0 Å². The number of carbonyl (C=O) groups excluding carboxylic acids is 1. The average Bonchev–Trinajstić information content (AvgIpc) is 2.76. The summed E-state index contributed by atoms with van der Waals surface area (Å²) < 4.78 is 0. The molecule has 2 saturated heterocycles. The number of aromatic nitrogens is 1. The molecule has 0 aliphatic carbocycles. The van der Waals surface area contributed by atoms with E-state index in [-0.39, 0.29) is 5.92 Å². The minimum absolute atomic E-state index is 0.130. The summed E-state index contributed by atoms with van der Waals surface area (Å²) >= 11 is 5.93. The number of carbonyl (C=O) groups is 1. The predicted molar refractivity (Wildman–Crippen MR) is 119 cm³/mol. The van der Waals surface area contributed by atoms with Crippen LogP contribution < -0.4 is 9.80 Å². The molecule has 0 radical (unpaired) electrons. The highest BCUT2D eigenvalue weighted by Gasteiger charge is 2.31. The fourth-order valence-corrected chi connectivity index (χ4v) is 4.53. The van der Waals surface area contributed by atoms with Gasteiger partial charge in [0.15, 0.2) is 0 Å². The van der Waals surface area contributed by atoms with E-state index in [9.17, 15) is 4.79 Å². The third-order valence-corrected chi connectivity index (χ3v) is 6.61. The molecule has 0 spiro atoms. The zero-order valence-corrected chi connectivity index (χ0v) is 18.0. The van der Waals surface area contributed by atoms with Crippen LogP contribution in [0.1, 0.15) is 24.0 Å². The molecule has 2 aliphatic rings. The van der Waals surface area contributed by atoms with Crippen LogP contribution in [0.2, 0.25) is 5.02 Å². The number of nitrogens with zero attached hydrogens (tertiary/aromatic N) is 4. The van der Waals surface area contributed by atoms with Crippen molar-refractivity contribution in [1.29, 1.82) is 0 Å². The Morgan fingerprint density at radius 2 is 1.69 bits per heavy atom. The van der Waals surface area contributed by atoms with Crippen LogP contribution in [0.5, 0.6) is 0 Å². The summed E-state index contributed by atoms with van der Waals surface area (Å²) in [4.78, 5) is 24.2. The van der Waals surface area contributed by atoms with Crippen molar-refractivity contribution in [2.75, 3.05) is 49.1 Å². The highest BCUT2D eigenvalue weighted by Crippen LogP contribution is 2.27. The maximum absolute atomic E-state index is 13.1. The lowest BCUT2D eigenvalue weighted by Gasteiger charge is -2.40. The molecule has 1 aromatic heterocycles. The Morgan fingerprint density at radius 1 is 0.966 bits per heavy atom. The molecule has 0 atom stereocenters. The van der Waals surface area contributed by atoms with Gasteiger partial charge in [0.2, 0.25) is 5.91 Å². The average molecular weight is 413 g/mol. The van der Waals surface area contributed by atoms with Gasteiger partial charge in [0.05, 0.1) is 5.02 Å². The van der Waals surface area contributed by atoms with Gasteiger partial charge in [0.25, 0.3) is 0 Å². The Bertz CT molecular complexity index is 854. The highest BCUT2D eigenvalue weighted by molar-refractivity contribution is 6.30. The molecule has 0 saturated carbocycles. The summed E-state index contributed by atoms with van der Waals surface area (Å²) in [5.74, 6) is 1.41. The summed E-state index contributed by atoms with van der Waals surface area (Å²) in [6.07, 6.45) is 3.46. The molecule has 2 aromatic rings. The van der Waals surface area contributed by atoms with Crippen molar-refractivity contribution in [1.82, 2.24) is 9.88 Å². The van der Waals surface area contributed by atoms with Crippen LogP contribution in [0.4, 0.5) is 11.5 Å². The van der Waals surface area contributed by atoms with Gasteiger partial charge in [-0.3, -0.25) is 4.79 Å². The van der Waals surface area contributed by atoms with Gasteiger partial charge in [-0.15, -0.1) is 0 Å². The van der Waals surface area contributed by atoms with Crippen molar-refractivity contribution in [3.63, 3.8) is 0 Å². The molecule has 3 heterocycles. The number of amides is 1. The lowest BCUT2D eigenvalue weighted by Crippen LogP contribution is -2.52. The molecule has 4 rings (SSSR count). The molecule has 2 fully saturated rings. The summed E-state index contributed by atoms with van der Waals surface area (Å²) in [5.41, 5.74) is 3.97. The van der Waals surface area contributed by atoms with Gasteiger partial charge in [-0.05, 0) is 56.0 Å². The first-order valence-corrected chi connectivity index (χ1v) is 10.9. The van der Waals surface area contributed by atoms with Crippen molar-refractivity contribution >= 4 is 29.0 Å². The fourth-order valence-electron chi connectivity index (χ4n) is 4.41. The van der Waals surface area contributed by atoms with E-state index in [2.05, 4.69) is 51.7 Å². The maximum atomic E-state index is 13.1. The normalized spacial score (nSPS) is 18.2. The van der Waals surface area contributed by atoms with E-state index in [0.717, 1.165) is 57.9 Å². The third kappa shape index (κ3) is 4.35. The second kappa shape index (κ2) is 8.62. The number of pyridine rings is 1. The molecule has 0 bridgehead atoms. The molecule has 1 aromatic carbocycles. The monoisotopic (exact) mass is 412 g/mol. The lowest BCUT2D eigenvalue weighted by molar-refractivity contribution is -0.136. The summed E-state index contributed by atoms with van der Waals surface area (Å²) in [6, 6.07) is 10.3. The van der Waals surface area contributed by atoms with Crippen LogP contribution in [-0.4, -0.2) is 55.1 Å². The maximum Gasteiger partial charge on any atom is 0.225 e. The number of aryl methyl sites for hydroxylation is 1. The topological polar surface area (TPSA) is 39.7 Å². The second-order valence-corrected chi connectivity index (χ2v) is 8.56. The van der Waals surface area contributed by atoms with E-state index in [4.69, 9.17) is 11.6 Å². The number of piperazine rings is 1. The molecule has 2 aliphatic heterocycles. The smallest absolute Gasteiger partial charge is 0.225 e. The quantitative estimate of drug-likeness (QED) is 0.766. The fraction of sp³-hybridized carbons (Fsp3) is 0.478. The molecule has 1 amide bonds. The zero-order chi connectivity index (χ0) is 20.4. The molecule has 6 heteroatoms. The van der Waals surface area contributed by atoms with Crippen molar-refractivity contribution in [3.05, 3.63) is 52.7 Å². The molecule has 0 unspecified atom stereocenters. The van der Waals surface area contributed by atoms with E-state index in [0.29, 0.717) is 10.9 Å². The molecular weight excluding hydrogens is 384 g/mol. The van der Waals surface area contributed by atoms with Crippen molar-refractivity contribution in [2.24, 2.45) is 5.92 Å². The lowest BCUT2D eigenvalue weighted by atomic mass is 9.95. The number of benzene rings is 1. The van der Waals surface area contributed by atoms with E-state index in [1.54, 1.807) is 6.20 Å². The van der Waals surface area contributed by atoms with Crippen LogP contribution in [0, 0.1) is 19.8 Å². The number of hydrogen-bond acceptors (Lipinski definition) is 4. The second-order valence-electron chi connectivity index (χ2n) is 8.13. The largest absolute Gasteiger partial charge is 0.368 e. The number of hydrogen-bond donors (Lipinski definition) is 0. The predicted octanol–water partition coefficient (Wildman–Crippen LogP) is 3.92. The first-order valence-electron chi connectivity index (χ1n) is 10.5. The molecule has 5 nitrogen and oxygen atoms in total. The standard InChI is InChI=1S/C23H29ClN4O/c1-17-4-3-5-21(18(17)2)26-12-14-28(15-13-26)23(29)19-8-10-27(11-9-19)22-7-6-20(24)16-25-22/h3-7,16,19H,8-15H2,1-2H3. The van der Waals surface area contributed by atoms with Gasteiger partial charge in [0, 0.05) is 57.1 Å². The van der Waals surface area contributed by atoms with Gasteiger partial charge >= 0.3 is 0 Å². The van der Waals surface area contributed by atoms with Crippen LogP contribution in [-0.2, 0) is 4.79 Å². The molecule has 29 heavy (non-hydrogen) atoms. The number of piperidine rings is 1. The SMILES string of the molecule is Cc1cccc(N2CCN(C(=O)C3CCN(c4ccc(Cl)cn4)CC3)CC2)c1C. The Balaban J connectivity index is 1.30. The molecule has 0 N–H and O–H groups in total.